The van der Waals surface area contributed by atoms with E-state index in [2.05, 4.69) is 20.3 Å². The van der Waals surface area contributed by atoms with Gasteiger partial charge in [-0.05, 0) is 49.2 Å². The molecule has 0 aromatic heterocycles. The molecule has 0 fully saturated rings. The first-order valence-corrected chi connectivity index (χ1v) is 10.7. The molecule has 0 saturated carbocycles. The third kappa shape index (κ3) is 8.67. The van der Waals surface area contributed by atoms with Gasteiger partial charge in [-0.3, -0.25) is 0 Å². The Kier molecular flexibility index (Phi) is 10.5. The first-order chi connectivity index (χ1) is 13.3. The first-order valence-electron chi connectivity index (χ1n) is 9.09. The molecule has 0 heterocycles. The fraction of sp³-hybridized carbons (Fsp3) is 0.350. The van der Waals surface area contributed by atoms with Crippen molar-refractivity contribution >= 4 is 40.0 Å². The number of rotatable bonds is 8. The molecule has 6 nitrogen and oxygen atoms in total. The van der Waals surface area contributed by atoms with Crippen molar-refractivity contribution in [3.05, 3.63) is 70.5 Å². The number of hydrogen-bond donors (Lipinski definition) is 3. The van der Waals surface area contributed by atoms with Gasteiger partial charge < -0.3 is 10.6 Å². The number of halogens is 2. The number of aryl methyl sites for hydroxylation is 1. The molecule has 29 heavy (non-hydrogen) atoms. The van der Waals surface area contributed by atoms with Gasteiger partial charge >= 0.3 is 0 Å². The zero-order valence-electron chi connectivity index (χ0n) is 16.8. The molecule has 0 amide bonds. The second-order valence-electron chi connectivity index (χ2n) is 6.41. The Hall–Kier alpha value is -1.72. The molecule has 0 spiro atoms. The van der Waals surface area contributed by atoms with E-state index in [1.54, 1.807) is 31.2 Å². The number of sulfonamides is 1. The zero-order chi connectivity index (χ0) is 20.6. The smallest absolute Gasteiger partial charge is 0.215 e. The van der Waals surface area contributed by atoms with Crippen molar-refractivity contribution in [2.75, 3.05) is 13.6 Å². The topological polar surface area (TPSA) is 82.6 Å². The van der Waals surface area contributed by atoms with Crippen LogP contribution in [0.4, 0.5) is 4.39 Å². The molecule has 0 saturated heterocycles. The Bertz CT molecular complexity index is 919. The molecule has 0 aliphatic carbocycles. The predicted molar refractivity (Wildman–Crippen MR) is 126 cm³/mol. The highest BCUT2D eigenvalue weighted by Crippen LogP contribution is 2.10. The maximum Gasteiger partial charge on any atom is 0.215 e. The Morgan fingerprint density at radius 1 is 1.03 bits per heavy atom. The number of aliphatic imine (C=N–C) groups is 1. The molecule has 0 aliphatic heterocycles. The Labute approximate surface area is 189 Å². The minimum Gasteiger partial charge on any atom is -0.357 e. The summed E-state index contributed by atoms with van der Waals surface area (Å²) in [4.78, 5) is 4.53. The molecular weight excluding hydrogens is 506 g/mol. The van der Waals surface area contributed by atoms with E-state index in [1.807, 2.05) is 19.1 Å². The number of hydrogen-bond acceptors (Lipinski definition) is 3. The SMILES string of the molecule is CCNC(=NCc1ccc(F)c(C)c1)NCc1ccc(CS(=O)(=O)NC)cc1.I. The largest absolute Gasteiger partial charge is 0.357 e. The van der Waals surface area contributed by atoms with E-state index >= 15 is 0 Å². The Morgan fingerprint density at radius 2 is 1.66 bits per heavy atom. The van der Waals surface area contributed by atoms with Crippen LogP contribution in [0.3, 0.4) is 0 Å². The van der Waals surface area contributed by atoms with Crippen LogP contribution in [0.1, 0.15) is 29.2 Å². The molecule has 160 valence electrons. The van der Waals surface area contributed by atoms with Crippen molar-refractivity contribution in [2.45, 2.75) is 32.7 Å². The summed E-state index contributed by atoms with van der Waals surface area (Å²) >= 11 is 0. The molecule has 2 rings (SSSR count). The number of benzene rings is 2. The van der Waals surface area contributed by atoms with Crippen LogP contribution in [0.5, 0.6) is 0 Å². The van der Waals surface area contributed by atoms with E-state index in [9.17, 15) is 12.8 Å². The third-order valence-electron chi connectivity index (χ3n) is 4.14. The van der Waals surface area contributed by atoms with Crippen molar-refractivity contribution in [3.63, 3.8) is 0 Å². The van der Waals surface area contributed by atoms with E-state index in [-0.39, 0.29) is 35.5 Å². The van der Waals surface area contributed by atoms with Crippen LogP contribution < -0.4 is 15.4 Å². The second-order valence-corrected chi connectivity index (χ2v) is 8.34. The summed E-state index contributed by atoms with van der Waals surface area (Å²) in [5.74, 6) is 0.397. The quantitative estimate of drug-likeness (QED) is 0.276. The van der Waals surface area contributed by atoms with Crippen molar-refractivity contribution in [3.8, 4) is 0 Å². The zero-order valence-corrected chi connectivity index (χ0v) is 20.0. The third-order valence-corrected chi connectivity index (χ3v) is 5.47. The molecule has 9 heteroatoms. The maximum absolute atomic E-state index is 13.4. The van der Waals surface area contributed by atoms with Crippen LogP contribution >= 0.6 is 24.0 Å². The van der Waals surface area contributed by atoms with Crippen molar-refractivity contribution < 1.29 is 12.8 Å². The lowest BCUT2D eigenvalue weighted by Gasteiger charge is -2.12. The predicted octanol–water partition coefficient (Wildman–Crippen LogP) is 3.06. The van der Waals surface area contributed by atoms with Gasteiger partial charge in [0.05, 0.1) is 12.3 Å². The molecule has 3 N–H and O–H groups in total. The Morgan fingerprint density at radius 3 is 2.24 bits per heavy atom. The highest BCUT2D eigenvalue weighted by atomic mass is 127. The van der Waals surface area contributed by atoms with Gasteiger partial charge in [0.1, 0.15) is 5.82 Å². The van der Waals surface area contributed by atoms with Gasteiger partial charge in [-0.25, -0.2) is 22.5 Å². The summed E-state index contributed by atoms with van der Waals surface area (Å²) in [6.07, 6.45) is 0. The molecule has 0 aliphatic rings. The summed E-state index contributed by atoms with van der Waals surface area (Å²) in [7, 11) is -1.87. The van der Waals surface area contributed by atoms with Crippen LogP contribution in [-0.4, -0.2) is 28.0 Å². The van der Waals surface area contributed by atoms with E-state index in [4.69, 9.17) is 0 Å². The molecule has 0 bridgehead atoms. The van der Waals surface area contributed by atoms with E-state index in [1.165, 1.54) is 13.1 Å². The lowest BCUT2D eigenvalue weighted by molar-refractivity contribution is 0.587. The van der Waals surface area contributed by atoms with Crippen molar-refractivity contribution in [1.82, 2.24) is 15.4 Å². The molecule has 0 unspecified atom stereocenters. The van der Waals surface area contributed by atoms with Gasteiger partial charge in [0.2, 0.25) is 10.0 Å². The van der Waals surface area contributed by atoms with Gasteiger partial charge in [0.15, 0.2) is 5.96 Å². The fourth-order valence-electron chi connectivity index (χ4n) is 2.55. The highest BCUT2D eigenvalue weighted by Gasteiger charge is 2.08. The van der Waals surface area contributed by atoms with Crippen LogP contribution in [0.25, 0.3) is 0 Å². The molecule has 2 aromatic rings. The summed E-state index contributed by atoms with van der Waals surface area (Å²) in [5, 5.41) is 6.42. The molecule has 0 atom stereocenters. The van der Waals surface area contributed by atoms with Crippen LogP contribution in [0, 0.1) is 12.7 Å². The number of nitrogens with one attached hydrogen (secondary N) is 3. The lowest BCUT2D eigenvalue weighted by Crippen LogP contribution is -2.36. The van der Waals surface area contributed by atoms with Crippen LogP contribution in [-0.2, 0) is 28.9 Å². The summed E-state index contributed by atoms with van der Waals surface area (Å²) in [6.45, 7) is 5.42. The van der Waals surface area contributed by atoms with E-state index in [0.717, 1.165) is 23.2 Å². The van der Waals surface area contributed by atoms with E-state index in [0.29, 0.717) is 24.6 Å². The lowest BCUT2D eigenvalue weighted by atomic mass is 10.1. The van der Waals surface area contributed by atoms with Crippen molar-refractivity contribution in [1.29, 1.82) is 0 Å². The number of guanidine groups is 1. The molecular formula is C20H28FIN4O2S. The molecule has 0 radical (unpaired) electrons. The standard InChI is InChI=1S/C20H27FN4O2S.HI/c1-4-23-20(25-13-18-9-10-19(21)15(2)11-18)24-12-16-5-7-17(8-6-16)14-28(26,27)22-3;/h5-11,22H,4,12-14H2,1-3H3,(H2,23,24,25);1H. The maximum atomic E-state index is 13.4. The van der Waals surface area contributed by atoms with Gasteiger partial charge in [0, 0.05) is 13.1 Å². The summed E-state index contributed by atoms with van der Waals surface area (Å²) in [5.41, 5.74) is 3.27. The van der Waals surface area contributed by atoms with E-state index < -0.39 is 10.0 Å². The fourth-order valence-corrected chi connectivity index (χ4v) is 3.32. The minimum atomic E-state index is -3.28. The summed E-state index contributed by atoms with van der Waals surface area (Å²) < 4.78 is 38.9. The summed E-state index contributed by atoms with van der Waals surface area (Å²) in [6, 6.07) is 12.4. The number of nitrogens with zero attached hydrogens (tertiary/aromatic N) is 1. The second kappa shape index (κ2) is 12.1. The monoisotopic (exact) mass is 534 g/mol. The average molecular weight is 534 g/mol. The average Bonchev–Trinajstić information content (AvgIpc) is 2.67. The van der Waals surface area contributed by atoms with Gasteiger partial charge in [-0.2, -0.15) is 0 Å². The van der Waals surface area contributed by atoms with Crippen molar-refractivity contribution in [2.24, 2.45) is 4.99 Å². The highest BCUT2D eigenvalue weighted by molar-refractivity contribution is 14.0. The van der Waals surface area contributed by atoms with Crippen LogP contribution in [0.2, 0.25) is 0 Å². The van der Waals surface area contributed by atoms with Gasteiger partial charge in [-0.15, -0.1) is 24.0 Å². The van der Waals surface area contributed by atoms with Gasteiger partial charge in [-0.1, -0.05) is 36.4 Å². The van der Waals surface area contributed by atoms with Crippen LogP contribution in [0.15, 0.2) is 47.5 Å². The first kappa shape index (κ1) is 25.3. The van der Waals surface area contributed by atoms with Gasteiger partial charge in [0.25, 0.3) is 0 Å². The molecule has 2 aromatic carbocycles. The minimum absolute atomic E-state index is 0. The normalized spacial score (nSPS) is 11.7. The Balaban J connectivity index is 0.00000420.